The molecule has 1 saturated heterocycles. The first-order chi connectivity index (χ1) is 12.9. The van der Waals surface area contributed by atoms with Crippen LogP contribution in [0.25, 0.3) is 17.4 Å². The van der Waals surface area contributed by atoms with Gasteiger partial charge in [0.25, 0.3) is 5.91 Å². The number of rotatable bonds is 6. The van der Waals surface area contributed by atoms with Gasteiger partial charge in [-0.05, 0) is 50.2 Å². The van der Waals surface area contributed by atoms with E-state index in [0.717, 1.165) is 28.0 Å². The molecule has 2 heterocycles. The Balaban J connectivity index is 1.80. The number of hydrogen-bond donors (Lipinski definition) is 1. The SMILES string of the molecule is CCOc1ccc(-c2ccc(/C=C3\SC(=S)N(C(C)C(=O)O)C3=O)o2)cc1. The van der Waals surface area contributed by atoms with Crippen LogP contribution in [-0.4, -0.2) is 38.9 Å². The minimum Gasteiger partial charge on any atom is -0.494 e. The van der Waals surface area contributed by atoms with E-state index in [9.17, 15) is 9.59 Å². The van der Waals surface area contributed by atoms with E-state index in [0.29, 0.717) is 23.0 Å². The summed E-state index contributed by atoms with van der Waals surface area (Å²) in [6, 6.07) is 10.0. The minimum absolute atomic E-state index is 0.222. The largest absolute Gasteiger partial charge is 0.494 e. The summed E-state index contributed by atoms with van der Waals surface area (Å²) in [7, 11) is 0. The van der Waals surface area contributed by atoms with E-state index in [1.54, 1.807) is 12.1 Å². The molecule has 140 valence electrons. The first kappa shape index (κ1) is 19.2. The van der Waals surface area contributed by atoms with E-state index in [1.165, 1.54) is 6.92 Å². The Kier molecular flexibility index (Phi) is 5.67. The summed E-state index contributed by atoms with van der Waals surface area (Å²) < 4.78 is 11.4. The highest BCUT2D eigenvalue weighted by atomic mass is 32.2. The van der Waals surface area contributed by atoms with Crippen molar-refractivity contribution in [2.75, 3.05) is 6.61 Å². The van der Waals surface area contributed by atoms with Crippen molar-refractivity contribution in [1.82, 2.24) is 4.90 Å². The number of hydrogen-bond acceptors (Lipinski definition) is 6. The molecule has 1 fully saturated rings. The number of carboxylic acids is 1. The van der Waals surface area contributed by atoms with E-state index >= 15 is 0 Å². The van der Waals surface area contributed by atoms with Gasteiger partial charge in [-0.1, -0.05) is 24.0 Å². The summed E-state index contributed by atoms with van der Waals surface area (Å²) in [5.74, 6) is 0.382. The van der Waals surface area contributed by atoms with Gasteiger partial charge in [-0.3, -0.25) is 9.69 Å². The molecular weight excluding hydrogens is 386 g/mol. The molecule has 0 saturated carbocycles. The minimum atomic E-state index is -1.11. The Hall–Kier alpha value is -2.58. The van der Waals surface area contributed by atoms with E-state index < -0.39 is 17.9 Å². The fourth-order valence-corrected chi connectivity index (χ4v) is 3.92. The molecule has 27 heavy (non-hydrogen) atoms. The standard InChI is InChI=1S/C19H17NO5S2/c1-3-24-13-6-4-12(5-7-13)15-9-8-14(25-15)10-16-17(21)20(19(26)27-16)11(2)18(22)23/h4-11H,3H2,1-2H3,(H,22,23)/b16-10-. The maximum absolute atomic E-state index is 12.5. The van der Waals surface area contributed by atoms with Crippen LogP contribution in [0.4, 0.5) is 0 Å². The Labute approximate surface area is 165 Å². The van der Waals surface area contributed by atoms with Crippen LogP contribution in [0.2, 0.25) is 0 Å². The molecule has 1 aromatic carbocycles. The fraction of sp³-hybridized carbons (Fsp3) is 0.211. The number of ether oxygens (including phenoxy) is 1. The summed E-state index contributed by atoms with van der Waals surface area (Å²) in [6.07, 6.45) is 1.58. The lowest BCUT2D eigenvalue weighted by atomic mass is 10.2. The zero-order valence-electron chi connectivity index (χ0n) is 14.7. The van der Waals surface area contributed by atoms with Crippen LogP contribution in [0.1, 0.15) is 19.6 Å². The fourth-order valence-electron chi connectivity index (χ4n) is 2.52. The van der Waals surface area contributed by atoms with Gasteiger partial charge in [0.2, 0.25) is 0 Å². The summed E-state index contributed by atoms with van der Waals surface area (Å²) in [4.78, 5) is 25.1. The molecule has 0 bridgehead atoms. The van der Waals surface area contributed by atoms with Crippen molar-refractivity contribution < 1.29 is 23.8 Å². The molecule has 0 aliphatic carbocycles. The van der Waals surface area contributed by atoms with Crippen molar-refractivity contribution in [2.45, 2.75) is 19.9 Å². The zero-order chi connectivity index (χ0) is 19.6. The van der Waals surface area contributed by atoms with Crippen LogP contribution in [0, 0.1) is 0 Å². The number of benzene rings is 1. The quantitative estimate of drug-likeness (QED) is 0.576. The molecule has 0 radical (unpaired) electrons. The van der Waals surface area contributed by atoms with Gasteiger partial charge in [-0.15, -0.1) is 0 Å². The second-order valence-corrected chi connectivity index (χ2v) is 7.40. The predicted octanol–water partition coefficient (Wildman–Crippen LogP) is 4.02. The highest BCUT2D eigenvalue weighted by molar-refractivity contribution is 8.26. The van der Waals surface area contributed by atoms with Crippen LogP contribution in [0.15, 0.2) is 45.7 Å². The molecule has 1 aromatic heterocycles. The highest BCUT2D eigenvalue weighted by Gasteiger charge is 2.38. The highest BCUT2D eigenvalue weighted by Crippen LogP contribution is 2.35. The first-order valence-electron chi connectivity index (χ1n) is 8.23. The van der Waals surface area contributed by atoms with Gasteiger partial charge in [0, 0.05) is 11.6 Å². The van der Waals surface area contributed by atoms with Crippen molar-refractivity contribution >= 4 is 46.3 Å². The predicted molar refractivity (Wildman–Crippen MR) is 107 cm³/mol. The summed E-state index contributed by atoms with van der Waals surface area (Å²) in [6.45, 7) is 3.95. The maximum atomic E-state index is 12.5. The molecule has 1 amide bonds. The molecule has 1 aliphatic rings. The van der Waals surface area contributed by atoms with E-state index in [-0.39, 0.29) is 4.32 Å². The van der Waals surface area contributed by atoms with Gasteiger partial charge < -0.3 is 14.3 Å². The number of carbonyl (C=O) groups excluding carboxylic acids is 1. The lowest BCUT2D eigenvalue weighted by molar-refractivity contribution is -0.144. The van der Waals surface area contributed by atoms with Crippen LogP contribution in [0.3, 0.4) is 0 Å². The van der Waals surface area contributed by atoms with Crippen molar-refractivity contribution in [3.63, 3.8) is 0 Å². The van der Waals surface area contributed by atoms with Gasteiger partial charge in [0.1, 0.15) is 27.6 Å². The van der Waals surface area contributed by atoms with Crippen molar-refractivity contribution in [1.29, 1.82) is 0 Å². The number of amides is 1. The van der Waals surface area contributed by atoms with E-state index in [1.807, 2.05) is 37.3 Å². The smallest absolute Gasteiger partial charge is 0.326 e. The molecule has 1 N–H and O–H groups in total. The third-order valence-corrected chi connectivity index (χ3v) is 5.25. The number of thioether (sulfide) groups is 1. The lowest BCUT2D eigenvalue weighted by Crippen LogP contribution is -2.41. The Morgan fingerprint density at radius 1 is 1.33 bits per heavy atom. The number of carbonyl (C=O) groups is 2. The monoisotopic (exact) mass is 403 g/mol. The summed E-state index contributed by atoms with van der Waals surface area (Å²) in [5.41, 5.74) is 0.880. The molecule has 1 aliphatic heterocycles. The van der Waals surface area contributed by atoms with E-state index in [4.69, 9.17) is 26.5 Å². The number of furan rings is 1. The normalized spacial score (nSPS) is 16.8. The van der Waals surface area contributed by atoms with Crippen molar-refractivity contribution in [2.24, 2.45) is 0 Å². The third-order valence-electron chi connectivity index (χ3n) is 3.92. The average Bonchev–Trinajstić information content (AvgIpc) is 3.20. The van der Waals surface area contributed by atoms with E-state index in [2.05, 4.69) is 0 Å². The Bertz CT molecular complexity index is 916. The first-order valence-corrected chi connectivity index (χ1v) is 9.46. The molecule has 8 heteroatoms. The summed E-state index contributed by atoms with van der Waals surface area (Å²) >= 11 is 6.21. The van der Waals surface area contributed by atoms with Crippen molar-refractivity contribution in [3.8, 4) is 17.1 Å². The maximum Gasteiger partial charge on any atom is 0.326 e. The van der Waals surface area contributed by atoms with Gasteiger partial charge in [-0.2, -0.15) is 0 Å². The molecule has 2 aromatic rings. The molecule has 1 unspecified atom stereocenters. The summed E-state index contributed by atoms with van der Waals surface area (Å²) in [5, 5.41) is 9.13. The second-order valence-electron chi connectivity index (χ2n) is 5.73. The number of carboxylic acid groups (broad SMARTS) is 1. The topological polar surface area (TPSA) is 80.0 Å². The Morgan fingerprint density at radius 2 is 2.04 bits per heavy atom. The molecular formula is C19H17NO5S2. The van der Waals surface area contributed by atoms with Gasteiger partial charge in [0.15, 0.2) is 0 Å². The molecule has 0 spiro atoms. The Morgan fingerprint density at radius 3 is 2.67 bits per heavy atom. The van der Waals surface area contributed by atoms with Crippen LogP contribution in [0.5, 0.6) is 5.75 Å². The van der Waals surface area contributed by atoms with Gasteiger partial charge in [-0.25, -0.2) is 4.79 Å². The molecule has 6 nitrogen and oxygen atoms in total. The molecule has 1 atom stereocenters. The van der Waals surface area contributed by atoms with Crippen molar-refractivity contribution in [3.05, 3.63) is 47.1 Å². The average molecular weight is 403 g/mol. The third kappa shape index (κ3) is 4.06. The van der Waals surface area contributed by atoms with Crippen LogP contribution in [-0.2, 0) is 9.59 Å². The second kappa shape index (κ2) is 7.98. The van der Waals surface area contributed by atoms with Crippen LogP contribution < -0.4 is 4.74 Å². The zero-order valence-corrected chi connectivity index (χ0v) is 16.3. The number of thiocarbonyl (C=S) groups is 1. The number of aliphatic carboxylic acids is 1. The number of nitrogens with zero attached hydrogens (tertiary/aromatic N) is 1. The van der Waals surface area contributed by atoms with Crippen LogP contribution >= 0.6 is 24.0 Å². The van der Waals surface area contributed by atoms with Gasteiger partial charge >= 0.3 is 5.97 Å². The van der Waals surface area contributed by atoms with Gasteiger partial charge in [0.05, 0.1) is 11.5 Å². The molecule has 3 rings (SSSR count). The lowest BCUT2D eigenvalue weighted by Gasteiger charge is -2.18.